The van der Waals surface area contributed by atoms with E-state index in [0.29, 0.717) is 96.5 Å². The topological polar surface area (TPSA) is 316 Å². The van der Waals surface area contributed by atoms with Crippen LogP contribution in [-0.2, 0) is 60.2 Å². The van der Waals surface area contributed by atoms with Gasteiger partial charge in [-0.05, 0) is 77.7 Å². The number of rotatable bonds is 20. The first-order chi connectivity index (χ1) is 49.1. The number of hydrogen-bond donors (Lipinski definition) is 8. The van der Waals surface area contributed by atoms with E-state index < -0.39 is 82.6 Å². The smallest absolute Gasteiger partial charge is 1.00 e. The maximum Gasteiger partial charge on any atom is 3.00 e. The van der Waals surface area contributed by atoms with Crippen molar-refractivity contribution in [3.8, 4) is 44.5 Å². The van der Waals surface area contributed by atoms with Crippen LogP contribution in [0, 0.1) is 21.7 Å². The number of methoxy groups -OCH3 is 1. The van der Waals surface area contributed by atoms with Crippen LogP contribution in [0.2, 0.25) is 0 Å². The largest absolute Gasteiger partial charge is 3.00 e. The minimum Gasteiger partial charge on any atom is -1.00 e. The second-order valence-corrected chi connectivity index (χ2v) is 30.0. The number of carbonyl (C=O) groups excluding carboxylic acids is 9. The van der Waals surface area contributed by atoms with Crippen LogP contribution in [0.5, 0.6) is 0 Å². The number of halogens is 1. The second kappa shape index (κ2) is 33.1. The molecule has 0 fully saturated rings. The van der Waals surface area contributed by atoms with E-state index in [-0.39, 0.29) is 92.0 Å². The van der Waals surface area contributed by atoms with Crippen LogP contribution in [0.4, 0.5) is 22.7 Å². The predicted molar refractivity (Wildman–Crippen MR) is 407 cm³/mol. The van der Waals surface area contributed by atoms with Gasteiger partial charge < -0.3 is 79.1 Å². The third kappa shape index (κ3) is 18.7. The summed E-state index contributed by atoms with van der Waals surface area (Å²) < 4.78 is 4.95. The number of ketones is 1. The number of nitrogens with one attached hydrogen (secondary N) is 8. The van der Waals surface area contributed by atoms with Gasteiger partial charge in [-0.1, -0.05) is 174 Å². The molecule has 10 rings (SSSR count). The molecular weight excluding hydrogens is 1450 g/mol. The summed E-state index contributed by atoms with van der Waals surface area (Å²) >= 11 is 0. The molecule has 553 valence electrons. The van der Waals surface area contributed by atoms with Gasteiger partial charge in [0.15, 0.2) is 5.78 Å². The summed E-state index contributed by atoms with van der Waals surface area (Å²) in [6.07, 6.45) is 8.18. The zero-order chi connectivity index (χ0) is 75.3. The molecule has 4 aromatic carbocycles. The molecule has 3 aromatic heterocycles. The van der Waals surface area contributed by atoms with Gasteiger partial charge >= 0.3 is 23.0 Å². The van der Waals surface area contributed by atoms with Crippen LogP contribution in [0.15, 0.2) is 127 Å². The number of esters is 1. The average molecular weight is 1540 g/mol. The number of benzene rings is 4. The van der Waals surface area contributed by atoms with Gasteiger partial charge in [-0.25, -0.2) is 14.8 Å². The SMILES string of the molecule is COC(=O)C(CC1=CNCN1C)NC(=O)CNC(=O)[C@@H](C)NC(=O)CCC(=O)c1cc2[n-]c1c(-c1ccccc1NC(=O)C(C)(C)C)c1nc(c(-c3ccccc3NC(=O)C(C)(C)C)c3ccc([n-]3)c(-c3ccccc3NC(=O)C(C)(C)C)c3nc(c2-c2ccccc2NC(=O)C(C)(C)C)C=C3)C=C1.[Br-].[Fe+3]. The molecule has 8 N–H and O–H groups in total. The van der Waals surface area contributed by atoms with Crippen molar-refractivity contribution < 1.29 is 81.9 Å². The summed E-state index contributed by atoms with van der Waals surface area (Å²) in [5.41, 5.74) is 5.14. The number of carbonyl (C=O) groups is 9. The summed E-state index contributed by atoms with van der Waals surface area (Å²) in [6, 6.07) is 32.0. The number of hydrogen-bond acceptors (Lipinski definition) is 14. The summed E-state index contributed by atoms with van der Waals surface area (Å²) in [7, 11) is 3.03. The fraction of sp³-hybridized carbons (Fsp3) is 0.321. The van der Waals surface area contributed by atoms with E-state index in [0.717, 1.165) is 5.70 Å². The van der Waals surface area contributed by atoms with Crippen molar-refractivity contribution in [2.45, 2.75) is 121 Å². The molecule has 1 unspecified atom stereocenters. The molecule has 3 aliphatic heterocycles. The average Bonchev–Trinajstić information content (AvgIpc) is 1.59. The molecular formula is C81H89BrFeN13O10. The Kier molecular flexibility index (Phi) is 25.3. The Morgan fingerprint density at radius 1 is 0.519 bits per heavy atom. The number of nitrogens with zero attached hydrogens (tertiary/aromatic N) is 5. The molecule has 8 bridgehead atoms. The van der Waals surface area contributed by atoms with Crippen molar-refractivity contribution in [3.05, 3.63) is 155 Å². The van der Waals surface area contributed by atoms with E-state index >= 15 is 4.79 Å². The van der Waals surface area contributed by atoms with E-state index in [2.05, 4.69) is 42.5 Å². The third-order valence-electron chi connectivity index (χ3n) is 17.6. The normalized spacial score (nSPS) is 13.1. The van der Waals surface area contributed by atoms with Gasteiger partial charge in [0.25, 0.3) is 0 Å². The van der Waals surface area contributed by atoms with Crippen molar-refractivity contribution >= 4 is 122 Å². The Morgan fingerprint density at radius 3 is 1.29 bits per heavy atom. The Balaban J connectivity index is 0.00000709. The fourth-order valence-electron chi connectivity index (χ4n) is 11.5. The maximum atomic E-state index is 15.8. The van der Waals surface area contributed by atoms with Gasteiger partial charge in [-0.2, -0.15) is 0 Å². The van der Waals surface area contributed by atoms with E-state index in [9.17, 15) is 38.4 Å². The zero-order valence-electron chi connectivity index (χ0n) is 62.1. The summed E-state index contributed by atoms with van der Waals surface area (Å²) in [5.74, 6) is -4.49. The quantitative estimate of drug-likeness (QED) is 0.0200. The molecule has 0 spiro atoms. The van der Waals surface area contributed by atoms with Crippen molar-refractivity contribution in [2.75, 3.05) is 48.6 Å². The molecule has 23 nitrogen and oxygen atoms in total. The van der Waals surface area contributed by atoms with E-state index in [1.165, 1.54) is 14.0 Å². The van der Waals surface area contributed by atoms with Crippen LogP contribution in [-0.4, -0.2) is 107 Å². The number of Topliss-reactive ketones (excluding diaryl/α,β-unsaturated/α-hetero) is 1. The first kappa shape index (κ1) is 80.9. The molecule has 0 saturated carbocycles. The zero-order valence-corrected chi connectivity index (χ0v) is 64.8. The molecule has 2 atom stereocenters. The summed E-state index contributed by atoms with van der Waals surface area (Å²) in [5, 5.41) is 23.5. The minimum absolute atomic E-state index is 0. The standard InChI is InChI=1S/C81H91N13O10.BrH.Fe/c1-45(72(98)83-43-66(97)88-63(73(99)104-15)40-46-42-82-44-94(46)14)84-65(96)39-38-64(95)51-41-62-69(49-26-18-22-30-54(49)92-76(102)80(8,9)10)60-35-34-58(86-60)67(47-24-16-20-28-52(47)90-74(100)78(2,3)4)56-32-33-57(85-56)68(48-25-17-21-29-53(48)91-75(101)79(5,6)7)59-36-37-61(87-59)70(71(51)89-62)50-27-19-23-31-55(50)93-77(103)81(11,12)13;;/h16-37,41-42,45,63,82H,38-40,43-44H2,1-15H3,(H9,83,84,85,86,87,88,89,90,91,92,93,95,96,97,98,100,101,102,103);1H;/q;;+3/p-3/t45-,63?;;/m1../s1. The van der Waals surface area contributed by atoms with Gasteiger partial charge in [0.05, 0.1) is 43.1 Å². The van der Waals surface area contributed by atoms with Crippen molar-refractivity contribution in [1.29, 1.82) is 0 Å². The molecule has 3 aliphatic rings. The van der Waals surface area contributed by atoms with E-state index in [4.69, 9.17) is 24.7 Å². The fourth-order valence-corrected chi connectivity index (χ4v) is 11.5. The van der Waals surface area contributed by atoms with Crippen LogP contribution in [0.25, 0.3) is 90.9 Å². The van der Waals surface area contributed by atoms with Crippen LogP contribution in [0.1, 0.15) is 142 Å². The number of anilines is 4. The predicted octanol–water partition coefficient (Wildman–Crippen LogP) is 9.49. The number of amides is 7. The molecule has 7 aromatic rings. The van der Waals surface area contributed by atoms with Crippen LogP contribution < -0.4 is 69.5 Å². The Labute approximate surface area is 638 Å². The first-order valence-corrected chi connectivity index (χ1v) is 34.4. The minimum atomic E-state index is -1.20. The molecule has 1 radical (unpaired) electrons. The molecule has 6 heterocycles. The van der Waals surface area contributed by atoms with Gasteiger partial charge in [-0.3, -0.25) is 38.4 Å². The number of aromatic nitrogens is 4. The molecule has 0 aliphatic carbocycles. The molecule has 7 amide bonds. The molecule has 0 saturated heterocycles. The summed E-state index contributed by atoms with van der Waals surface area (Å²) in [6.45, 7) is 23.0. The number of para-hydroxylation sites is 4. The van der Waals surface area contributed by atoms with Gasteiger partial charge in [0, 0.05) is 110 Å². The number of fused-ring (bicyclic) bond motifs is 8. The summed E-state index contributed by atoms with van der Waals surface area (Å²) in [4.78, 5) is 150. The van der Waals surface area contributed by atoms with Crippen molar-refractivity contribution in [3.63, 3.8) is 0 Å². The van der Waals surface area contributed by atoms with Gasteiger partial charge in [0.2, 0.25) is 41.4 Å². The Morgan fingerprint density at radius 2 is 0.906 bits per heavy atom. The number of ether oxygens (including phenoxy) is 1. The second-order valence-electron chi connectivity index (χ2n) is 30.0. The van der Waals surface area contributed by atoms with Gasteiger partial charge in [-0.15, -0.1) is 22.1 Å². The molecule has 106 heavy (non-hydrogen) atoms. The van der Waals surface area contributed by atoms with Crippen LogP contribution in [0.3, 0.4) is 0 Å². The van der Waals surface area contributed by atoms with Gasteiger partial charge in [0.1, 0.15) is 12.1 Å². The Hall–Kier alpha value is -10.8. The monoisotopic (exact) mass is 1540 g/mol. The third-order valence-corrected chi connectivity index (χ3v) is 17.6. The van der Waals surface area contributed by atoms with E-state index in [1.54, 1.807) is 121 Å². The van der Waals surface area contributed by atoms with Crippen molar-refractivity contribution in [1.82, 2.24) is 46.1 Å². The van der Waals surface area contributed by atoms with Crippen molar-refractivity contribution in [2.24, 2.45) is 21.7 Å². The van der Waals surface area contributed by atoms with E-state index in [1.807, 2.05) is 120 Å². The Bertz CT molecular complexity index is 4910. The maximum absolute atomic E-state index is 15.8. The molecule has 25 heteroatoms. The van der Waals surface area contributed by atoms with Crippen LogP contribution >= 0.6 is 0 Å². The first-order valence-electron chi connectivity index (χ1n) is 34.4.